The van der Waals surface area contributed by atoms with Crippen LogP contribution in [-0.4, -0.2) is 44.8 Å². The first-order chi connectivity index (χ1) is 12.4. The van der Waals surface area contributed by atoms with Crippen molar-refractivity contribution in [1.29, 1.82) is 0 Å². The van der Waals surface area contributed by atoms with E-state index in [-0.39, 0.29) is 16.6 Å². The highest BCUT2D eigenvalue weighted by atomic mass is 32.2. The van der Waals surface area contributed by atoms with Crippen molar-refractivity contribution >= 4 is 15.8 Å². The zero-order chi connectivity index (χ0) is 18.7. The van der Waals surface area contributed by atoms with Crippen LogP contribution in [-0.2, 0) is 16.4 Å². The number of halogens is 1. The standard InChI is InChI=1S/C18H23FN4O2S/c1-23(12-14-6-3-4-8-15(14)19)18-21-11-16(26(2,24)25)17(22-18)13-7-5-9-20-10-13/h3-4,6,8,11,13,20H,5,7,9-10,12H2,1-2H3/t13-/m1/s1. The van der Waals surface area contributed by atoms with Gasteiger partial charge in [0.05, 0.1) is 11.9 Å². The maximum Gasteiger partial charge on any atom is 0.225 e. The number of nitrogens with zero attached hydrogens (tertiary/aromatic N) is 3. The fourth-order valence-corrected chi connectivity index (χ4v) is 4.01. The van der Waals surface area contributed by atoms with E-state index in [1.54, 1.807) is 30.1 Å². The number of hydrogen-bond donors (Lipinski definition) is 1. The van der Waals surface area contributed by atoms with Gasteiger partial charge in [0.2, 0.25) is 5.95 Å². The summed E-state index contributed by atoms with van der Waals surface area (Å²) >= 11 is 0. The van der Waals surface area contributed by atoms with Crippen molar-refractivity contribution < 1.29 is 12.8 Å². The minimum absolute atomic E-state index is 0.0251. The summed E-state index contributed by atoms with van der Waals surface area (Å²) < 4.78 is 38.2. The molecule has 1 aromatic carbocycles. The summed E-state index contributed by atoms with van der Waals surface area (Å²) in [6.07, 6.45) is 4.40. The molecule has 2 heterocycles. The summed E-state index contributed by atoms with van der Waals surface area (Å²) in [7, 11) is -1.65. The van der Waals surface area contributed by atoms with Crippen molar-refractivity contribution in [1.82, 2.24) is 15.3 Å². The Morgan fingerprint density at radius 3 is 2.77 bits per heavy atom. The number of rotatable bonds is 5. The molecule has 140 valence electrons. The number of piperidine rings is 1. The van der Waals surface area contributed by atoms with Gasteiger partial charge in [0.1, 0.15) is 10.7 Å². The Kier molecular flexibility index (Phi) is 5.52. The third kappa shape index (κ3) is 4.19. The van der Waals surface area contributed by atoms with Crippen molar-refractivity contribution in [2.75, 3.05) is 31.3 Å². The fourth-order valence-electron chi connectivity index (χ4n) is 3.17. The highest BCUT2D eigenvalue weighted by Crippen LogP contribution is 2.28. The lowest BCUT2D eigenvalue weighted by Gasteiger charge is -2.25. The molecule has 0 spiro atoms. The predicted molar refractivity (Wildman–Crippen MR) is 98.5 cm³/mol. The molecule has 1 atom stereocenters. The van der Waals surface area contributed by atoms with Crippen molar-refractivity contribution in [2.24, 2.45) is 0 Å². The van der Waals surface area contributed by atoms with Crippen molar-refractivity contribution in [3.05, 3.63) is 47.5 Å². The molecule has 0 radical (unpaired) electrons. The third-order valence-electron chi connectivity index (χ3n) is 4.56. The molecule has 6 nitrogen and oxygen atoms in total. The number of anilines is 1. The van der Waals surface area contributed by atoms with Crippen LogP contribution in [0.5, 0.6) is 0 Å². The van der Waals surface area contributed by atoms with Crippen LogP contribution in [0.1, 0.15) is 30.0 Å². The molecule has 8 heteroatoms. The van der Waals surface area contributed by atoms with Gasteiger partial charge in [-0.3, -0.25) is 0 Å². The molecule has 1 fully saturated rings. The molecule has 3 rings (SSSR count). The van der Waals surface area contributed by atoms with E-state index in [0.717, 1.165) is 19.4 Å². The van der Waals surface area contributed by atoms with E-state index in [2.05, 4.69) is 15.3 Å². The van der Waals surface area contributed by atoms with Crippen LogP contribution in [0.2, 0.25) is 0 Å². The summed E-state index contributed by atoms with van der Waals surface area (Å²) in [5, 5.41) is 3.29. The highest BCUT2D eigenvalue weighted by Gasteiger charge is 2.26. The van der Waals surface area contributed by atoms with Gasteiger partial charge in [0.25, 0.3) is 0 Å². The first kappa shape index (κ1) is 18.7. The molecule has 0 unspecified atom stereocenters. The summed E-state index contributed by atoms with van der Waals surface area (Å²) in [5.74, 6) is 0.127. The number of aromatic nitrogens is 2. The first-order valence-electron chi connectivity index (χ1n) is 8.58. The molecule has 2 aromatic rings. The van der Waals surface area contributed by atoms with Crippen LogP contribution in [0.4, 0.5) is 10.3 Å². The van der Waals surface area contributed by atoms with E-state index < -0.39 is 9.84 Å². The maximum atomic E-state index is 13.9. The van der Waals surface area contributed by atoms with Crippen LogP contribution in [0.3, 0.4) is 0 Å². The Bertz CT molecular complexity index is 883. The predicted octanol–water partition coefficient (Wildman–Crippen LogP) is 2.12. The molecular weight excluding hydrogens is 355 g/mol. The molecule has 1 aromatic heterocycles. The number of hydrogen-bond acceptors (Lipinski definition) is 6. The molecule has 0 amide bonds. The van der Waals surface area contributed by atoms with Gasteiger partial charge >= 0.3 is 0 Å². The van der Waals surface area contributed by atoms with E-state index in [1.807, 2.05) is 0 Å². The van der Waals surface area contributed by atoms with Crippen molar-refractivity contribution in [3.8, 4) is 0 Å². The minimum Gasteiger partial charge on any atom is -0.339 e. The van der Waals surface area contributed by atoms with Crippen LogP contribution in [0, 0.1) is 5.82 Å². The Morgan fingerprint density at radius 1 is 1.35 bits per heavy atom. The second-order valence-corrected chi connectivity index (χ2v) is 8.67. The van der Waals surface area contributed by atoms with E-state index >= 15 is 0 Å². The monoisotopic (exact) mass is 378 g/mol. The summed E-state index contributed by atoms with van der Waals surface area (Å²) in [6, 6.07) is 6.54. The Hall–Kier alpha value is -2.06. The Balaban J connectivity index is 1.94. The van der Waals surface area contributed by atoms with Gasteiger partial charge in [-0.15, -0.1) is 0 Å². The van der Waals surface area contributed by atoms with E-state index in [9.17, 15) is 12.8 Å². The number of sulfone groups is 1. The van der Waals surface area contributed by atoms with Gasteiger partial charge < -0.3 is 10.2 Å². The van der Waals surface area contributed by atoms with Crippen LogP contribution in [0.25, 0.3) is 0 Å². The minimum atomic E-state index is -3.42. The molecule has 0 bridgehead atoms. The smallest absolute Gasteiger partial charge is 0.225 e. The summed E-state index contributed by atoms with van der Waals surface area (Å²) in [6.45, 7) is 1.92. The van der Waals surface area contributed by atoms with E-state index in [0.29, 0.717) is 30.3 Å². The number of nitrogens with one attached hydrogen (secondary N) is 1. The fraction of sp³-hybridized carbons (Fsp3) is 0.444. The maximum absolute atomic E-state index is 13.9. The topological polar surface area (TPSA) is 75.2 Å². The van der Waals surface area contributed by atoms with Crippen LogP contribution >= 0.6 is 0 Å². The lowest BCUT2D eigenvalue weighted by Crippen LogP contribution is -2.30. The van der Waals surface area contributed by atoms with Gasteiger partial charge in [0.15, 0.2) is 9.84 Å². The summed E-state index contributed by atoms with van der Waals surface area (Å²) in [4.78, 5) is 10.7. The SMILES string of the molecule is CN(Cc1ccccc1F)c1ncc(S(C)(=O)=O)c([C@@H]2CCCNC2)n1. The first-order valence-corrected chi connectivity index (χ1v) is 10.5. The van der Waals surface area contributed by atoms with E-state index in [4.69, 9.17) is 0 Å². The zero-order valence-electron chi connectivity index (χ0n) is 14.9. The van der Waals surface area contributed by atoms with Crippen molar-refractivity contribution in [2.45, 2.75) is 30.2 Å². The van der Waals surface area contributed by atoms with E-state index in [1.165, 1.54) is 18.5 Å². The largest absolute Gasteiger partial charge is 0.339 e. The average Bonchev–Trinajstić information content (AvgIpc) is 2.63. The molecule has 1 saturated heterocycles. The van der Waals surface area contributed by atoms with Crippen molar-refractivity contribution in [3.63, 3.8) is 0 Å². The van der Waals surface area contributed by atoms with Crippen LogP contribution in [0.15, 0.2) is 35.4 Å². The second kappa shape index (κ2) is 7.67. The number of benzene rings is 1. The highest BCUT2D eigenvalue weighted by molar-refractivity contribution is 7.90. The normalized spacial score (nSPS) is 17.9. The molecule has 1 aliphatic heterocycles. The van der Waals surface area contributed by atoms with Crippen LogP contribution < -0.4 is 10.2 Å². The molecule has 26 heavy (non-hydrogen) atoms. The molecular formula is C18H23FN4O2S. The molecule has 1 aliphatic rings. The van der Waals surface area contributed by atoms with Gasteiger partial charge in [-0.25, -0.2) is 22.8 Å². The van der Waals surface area contributed by atoms with Gasteiger partial charge in [0, 0.05) is 37.9 Å². The second-order valence-electron chi connectivity index (χ2n) is 6.68. The molecule has 0 saturated carbocycles. The lowest BCUT2D eigenvalue weighted by atomic mass is 9.96. The lowest BCUT2D eigenvalue weighted by molar-refractivity contribution is 0.447. The molecule has 1 N–H and O–H groups in total. The Morgan fingerprint density at radius 2 is 2.12 bits per heavy atom. The average molecular weight is 378 g/mol. The summed E-state index contributed by atoms with van der Waals surface area (Å²) in [5.41, 5.74) is 1.08. The van der Waals surface area contributed by atoms with Gasteiger partial charge in [-0.2, -0.15) is 0 Å². The van der Waals surface area contributed by atoms with Gasteiger partial charge in [-0.05, 0) is 25.5 Å². The molecule has 0 aliphatic carbocycles. The zero-order valence-corrected chi connectivity index (χ0v) is 15.8. The quantitative estimate of drug-likeness (QED) is 0.859. The third-order valence-corrected chi connectivity index (χ3v) is 5.67. The van der Waals surface area contributed by atoms with Gasteiger partial charge in [-0.1, -0.05) is 18.2 Å². The Labute approximate surface area is 153 Å².